The quantitative estimate of drug-likeness (QED) is 0.214. The second kappa shape index (κ2) is 9.27. The van der Waals surface area contributed by atoms with Gasteiger partial charge in [-0.25, -0.2) is 0 Å². The zero-order valence-corrected chi connectivity index (χ0v) is 22.0. The van der Waals surface area contributed by atoms with Crippen LogP contribution in [0.3, 0.4) is 0 Å². The van der Waals surface area contributed by atoms with E-state index in [-0.39, 0.29) is 28.9 Å². The van der Waals surface area contributed by atoms with E-state index < -0.39 is 5.41 Å². The summed E-state index contributed by atoms with van der Waals surface area (Å²) < 4.78 is 12.0. The van der Waals surface area contributed by atoms with Crippen LogP contribution in [0.4, 0.5) is 11.4 Å². The molecule has 0 radical (unpaired) electrons. The second-order valence-electron chi connectivity index (χ2n) is 10.4. The summed E-state index contributed by atoms with van der Waals surface area (Å²) in [7, 11) is 0. The Bertz CT molecular complexity index is 1700. The summed E-state index contributed by atoms with van der Waals surface area (Å²) in [5.74, 6) is 1.28. The smallest absolute Gasteiger partial charge is 0.270 e. The van der Waals surface area contributed by atoms with E-state index in [9.17, 15) is 15.2 Å². The van der Waals surface area contributed by atoms with Crippen molar-refractivity contribution in [3.8, 4) is 11.5 Å². The molecular formula is C32H28N2O5. The summed E-state index contributed by atoms with van der Waals surface area (Å²) in [6.07, 6.45) is 0. The third-order valence-electron chi connectivity index (χ3n) is 7.69. The van der Waals surface area contributed by atoms with Gasteiger partial charge in [0.25, 0.3) is 5.69 Å². The van der Waals surface area contributed by atoms with Gasteiger partial charge in [-0.2, -0.15) is 0 Å². The van der Waals surface area contributed by atoms with Crippen LogP contribution in [0.1, 0.15) is 43.4 Å². The molecule has 0 fully saturated rings. The third kappa shape index (κ3) is 4.02. The van der Waals surface area contributed by atoms with Crippen molar-refractivity contribution < 1.29 is 19.5 Å². The summed E-state index contributed by atoms with van der Waals surface area (Å²) in [6.45, 7) is 6.90. The maximum Gasteiger partial charge on any atom is 0.270 e. The van der Waals surface area contributed by atoms with E-state index in [0.717, 1.165) is 44.6 Å². The van der Waals surface area contributed by atoms with Gasteiger partial charge in [-0.05, 0) is 59.7 Å². The van der Waals surface area contributed by atoms with Gasteiger partial charge in [-0.15, -0.1) is 0 Å². The van der Waals surface area contributed by atoms with Crippen LogP contribution in [0.25, 0.3) is 16.5 Å². The fourth-order valence-electron chi connectivity index (χ4n) is 5.93. The molecule has 4 aromatic carbocycles. The first-order valence-corrected chi connectivity index (χ1v) is 13.0. The van der Waals surface area contributed by atoms with E-state index in [2.05, 4.69) is 13.8 Å². The van der Waals surface area contributed by atoms with Crippen LogP contribution in [0.5, 0.6) is 11.5 Å². The molecule has 0 spiro atoms. The summed E-state index contributed by atoms with van der Waals surface area (Å²) in [6, 6.07) is 24.1. The Hall–Kier alpha value is -4.65. The minimum absolute atomic E-state index is 0.0279. The molecule has 6 rings (SSSR count). The number of nitro groups is 1. The average Bonchev–Trinajstić information content (AvgIpc) is 2.93. The number of benzene rings is 4. The first kappa shape index (κ1) is 24.7. The molecule has 0 saturated heterocycles. The van der Waals surface area contributed by atoms with Crippen LogP contribution < -0.4 is 9.47 Å². The maximum atomic E-state index is 11.6. The van der Waals surface area contributed by atoms with Gasteiger partial charge in [-0.1, -0.05) is 44.2 Å². The third-order valence-corrected chi connectivity index (χ3v) is 7.69. The van der Waals surface area contributed by atoms with Crippen molar-refractivity contribution >= 4 is 33.6 Å². The first-order chi connectivity index (χ1) is 18.8. The molecule has 0 aliphatic carbocycles. The van der Waals surface area contributed by atoms with E-state index in [1.807, 2.05) is 67.6 Å². The molecule has 196 valence electrons. The van der Waals surface area contributed by atoms with Gasteiger partial charge in [0, 0.05) is 34.6 Å². The molecule has 0 aromatic heterocycles. The molecular weight excluding hydrogens is 492 g/mol. The van der Waals surface area contributed by atoms with E-state index in [0.29, 0.717) is 17.9 Å². The highest BCUT2D eigenvalue weighted by Gasteiger charge is 2.45. The predicted octanol–water partition coefficient (Wildman–Crippen LogP) is 7.75. The number of nitro benzene ring substituents is 1. The highest BCUT2D eigenvalue weighted by atomic mass is 16.6. The van der Waals surface area contributed by atoms with E-state index in [1.54, 1.807) is 12.1 Å². The zero-order valence-electron chi connectivity index (χ0n) is 22.0. The molecule has 7 heteroatoms. The fourth-order valence-corrected chi connectivity index (χ4v) is 5.93. The number of ether oxygens (including phenoxy) is 2. The van der Waals surface area contributed by atoms with Crippen molar-refractivity contribution in [1.82, 2.24) is 0 Å². The number of non-ortho nitro benzene ring substituents is 1. The molecule has 39 heavy (non-hydrogen) atoms. The lowest BCUT2D eigenvalue weighted by atomic mass is 9.64. The lowest BCUT2D eigenvalue weighted by Gasteiger charge is -2.42. The Morgan fingerprint density at radius 1 is 1.05 bits per heavy atom. The van der Waals surface area contributed by atoms with Gasteiger partial charge >= 0.3 is 0 Å². The summed E-state index contributed by atoms with van der Waals surface area (Å²) in [5.41, 5.74) is 4.12. The Labute approximate surface area is 226 Å². The van der Waals surface area contributed by atoms with Crippen LogP contribution in [0, 0.1) is 15.5 Å². The van der Waals surface area contributed by atoms with Crippen LogP contribution in [-0.2, 0) is 0 Å². The molecule has 0 amide bonds. The minimum Gasteiger partial charge on any atom is -0.507 e. The van der Waals surface area contributed by atoms with Crippen molar-refractivity contribution in [2.24, 2.45) is 10.4 Å². The lowest BCUT2D eigenvalue weighted by molar-refractivity contribution is -0.384. The van der Waals surface area contributed by atoms with E-state index >= 15 is 0 Å². The second-order valence-corrected chi connectivity index (χ2v) is 10.4. The molecule has 0 bridgehead atoms. The van der Waals surface area contributed by atoms with Crippen molar-refractivity contribution in [3.63, 3.8) is 0 Å². The number of aliphatic hydroxyl groups excluding tert-OH is 1. The van der Waals surface area contributed by atoms with E-state index in [1.165, 1.54) is 6.07 Å². The summed E-state index contributed by atoms with van der Waals surface area (Å²) in [4.78, 5) is 16.4. The number of aliphatic imine (C=N–C) groups is 1. The molecule has 1 N–H and O–H groups in total. The largest absolute Gasteiger partial charge is 0.507 e. The minimum atomic E-state index is -0.629. The van der Waals surface area contributed by atoms with Crippen molar-refractivity contribution in [1.29, 1.82) is 0 Å². The molecule has 2 aliphatic rings. The highest BCUT2D eigenvalue weighted by Crippen LogP contribution is 2.54. The van der Waals surface area contributed by atoms with Crippen LogP contribution in [0.15, 0.2) is 89.4 Å². The van der Waals surface area contributed by atoms with Gasteiger partial charge in [0.05, 0.1) is 28.5 Å². The molecule has 4 aromatic rings. The number of nitrogens with zero attached hydrogens (tertiary/aromatic N) is 2. The van der Waals surface area contributed by atoms with Gasteiger partial charge in [0.1, 0.15) is 23.9 Å². The number of hydrogen-bond donors (Lipinski definition) is 1. The van der Waals surface area contributed by atoms with Crippen molar-refractivity contribution in [2.45, 2.75) is 26.7 Å². The normalized spacial score (nSPS) is 17.6. The van der Waals surface area contributed by atoms with Crippen molar-refractivity contribution in [3.05, 3.63) is 111 Å². The monoisotopic (exact) mass is 520 g/mol. The van der Waals surface area contributed by atoms with Gasteiger partial charge in [-0.3, -0.25) is 15.1 Å². The van der Waals surface area contributed by atoms with Gasteiger partial charge < -0.3 is 14.6 Å². The van der Waals surface area contributed by atoms with E-state index in [4.69, 9.17) is 14.5 Å². The van der Waals surface area contributed by atoms with Crippen molar-refractivity contribution in [2.75, 3.05) is 13.2 Å². The Kier molecular flexibility index (Phi) is 5.87. The topological polar surface area (TPSA) is 94.2 Å². The van der Waals surface area contributed by atoms with Crippen LogP contribution in [-0.4, -0.2) is 29.0 Å². The number of fused-ring (bicyclic) bond motifs is 3. The summed E-state index contributed by atoms with van der Waals surface area (Å²) >= 11 is 0. The molecule has 2 heterocycles. The first-order valence-electron chi connectivity index (χ1n) is 13.0. The standard InChI is InChI=1S/C32H28N2O5/c1-4-38-21-14-15-27-25(17-21)29(26-18-39-28-11-6-5-9-23(28)30(26)35)32(2,3)31(33-27)22-10-7-8-19-12-13-20(34(36)37)16-24(19)22/h5-17,29,35H,4,18H2,1-3H3/t29-/m1/s1. The number of aliphatic hydroxyl groups is 1. The average molecular weight is 521 g/mol. The molecule has 7 nitrogen and oxygen atoms in total. The number of para-hydroxylation sites is 1. The van der Waals surface area contributed by atoms with Crippen LogP contribution >= 0.6 is 0 Å². The van der Waals surface area contributed by atoms with Gasteiger partial charge in [0.15, 0.2) is 0 Å². The molecule has 1 atom stereocenters. The van der Waals surface area contributed by atoms with Gasteiger partial charge in [0.2, 0.25) is 0 Å². The maximum absolute atomic E-state index is 11.6. The molecule has 0 saturated carbocycles. The number of rotatable bonds is 5. The highest BCUT2D eigenvalue weighted by molar-refractivity contribution is 6.16. The SMILES string of the molecule is CCOc1ccc2c(c1)[C@H](C1=C(O)c3ccccc3OC1)C(C)(C)C(c1cccc3ccc([N+](=O)[O-])cc13)=N2. The predicted molar refractivity (Wildman–Crippen MR) is 152 cm³/mol. The van der Waals surface area contributed by atoms with Crippen LogP contribution in [0.2, 0.25) is 0 Å². The molecule has 2 aliphatic heterocycles. The Morgan fingerprint density at radius 2 is 1.85 bits per heavy atom. The fraction of sp³-hybridized carbons (Fsp3) is 0.219. The number of hydrogen-bond acceptors (Lipinski definition) is 6. The Balaban J connectivity index is 1.62. The Morgan fingerprint density at radius 3 is 2.64 bits per heavy atom. The zero-order chi connectivity index (χ0) is 27.3. The molecule has 0 unspecified atom stereocenters. The summed E-state index contributed by atoms with van der Waals surface area (Å²) in [5, 5.41) is 24.9. The lowest BCUT2D eigenvalue weighted by Crippen LogP contribution is -2.38.